The third-order valence-corrected chi connectivity index (χ3v) is 14.9. The number of nitrogens with one attached hydrogen (secondary N) is 2. The number of aryl methyl sites for hydroxylation is 4. The summed E-state index contributed by atoms with van der Waals surface area (Å²) >= 11 is 5.27. The zero-order valence-electron chi connectivity index (χ0n) is 39.2. The maximum absolute atomic E-state index is 14.3. The van der Waals surface area contributed by atoms with E-state index in [0.717, 1.165) is 112 Å². The second kappa shape index (κ2) is 20.6. The molecule has 3 unspecified atom stereocenters. The minimum absolute atomic E-state index is 0.165. The zero-order valence-corrected chi connectivity index (χ0v) is 41.6. The molecule has 7 rings (SSSR count). The largest absolute Gasteiger partial charge is 0.398 e. The van der Waals surface area contributed by atoms with Crippen LogP contribution in [0, 0.1) is 39.0 Å². The first-order chi connectivity index (χ1) is 31.0. The van der Waals surface area contributed by atoms with Crippen molar-refractivity contribution in [1.29, 1.82) is 0 Å². The van der Waals surface area contributed by atoms with Gasteiger partial charge in [-0.3, -0.25) is 19.3 Å². The van der Waals surface area contributed by atoms with Crippen LogP contribution in [-0.2, 0) is 14.4 Å². The Bertz CT molecular complexity index is 2450. The van der Waals surface area contributed by atoms with E-state index in [4.69, 9.17) is 10.3 Å². The molecule has 2 aliphatic heterocycles. The molecule has 3 aromatic carbocycles. The van der Waals surface area contributed by atoms with E-state index in [1.165, 1.54) is 5.56 Å². The lowest BCUT2D eigenvalue weighted by molar-refractivity contribution is -0.144. The number of benzene rings is 3. The van der Waals surface area contributed by atoms with E-state index < -0.39 is 17.5 Å². The number of hydrogen-bond donors (Lipinski definition) is 3. The molecule has 0 saturated carbocycles. The van der Waals surface area contributed by atoms with Crippen molar-refractivity contribution in [3.8, 4) is 21.6 Å². The lowest BCUT2D eigenvalue weighted by atomic mass is 9.85. The van der Waals surface area contributed by atoms with Crippen LogP contribution < -0.4 is 21.3 Å². The predicted molar refractivity (Wildman–Crippen MR) is 265 cm³/mol. The van der Waals surface area contributed by atoms with Gasteiger partial charge in [0.2, 0.25) is 17.7 Å². The molecule has 3 atom stereocenters. The van der Waals surface area contributed by atoms with Crippen molar-refractivity contribution in [3.05, 3.63) is 98.9 Å². The Morgan fingerprint density at radius 1 is 0.938 bits per heavy atom. The second-order valence-corrected chi connectivity index (χ2v) is 20.8. The van der Waals surface area contributed by atoms with Gasteiger partial charge in [0.15, 0.2) is 0 Å². The van der Waals surface area contributed by atoms with Crippen molar-refractivity contribution >= 4 is 62.1 Å². The van der Waals surface area contributed by atoms with Gasteiger partial charge in [0, 0.05) is 40.2 Å². The third kappa shape index (κ3) is 11.3. The molecular weight excluding hydrogens is 901 g/mol. The van der Waals surface area contributed by atoms with Crippen LogP contribution in [0.3, 0.4) is 0 Å². The Hall–Kier alpha value is -5.05. The van der Waals surface area contributed by atoms with E-state index in [0.29, 0.717) is 24.6 Å². The SMILES string of the molecule is Cc1ccc(-c2c(C)noc2C)cc1N(CCCC1CCN(CC(=O)NC(C(=O)N2CCCC2C(=O)NC(C)c2ccc(-c3scnc3C)cc2)C(C)(C)C)CC1)c1ccc(N)c(Br)c1. The molecule has 4 heterocycles. The molecule has 4 N–H and O–H groups in total. The monoisotopic (exact) mass is 964 g/mol. The quantitative estimate of drug-likeness (QED) is 0.0872. The number of carbonyl (C=O) groups excluding carboxylic acids is 3. The Kier molecular flexibility index (Phi) is 15.2. The number of nitrogens with zero attached hydrogens (tertiary/aromatic N) is 5. The smallest absolute Gasteiger partial charge is 0.246 e. The van der Waals surface area contributed by atoms with Gasteiger partial charge in [-0.2, -0.15) is 0 Å². The summed E-state index contributed by atoms with van der Waals surface area (Å²) in [6.45, 7) is 19.1. The molecule has 0 radical (unpaired) electrons. The molecule has 5 aromatic rings. The molecule has 3 amide bonds. The normalized spacial score (nSPS) is 16.9. The van der Waals surface area contributed by atoms with Gasteiger partial charge in [-0.05, 0) is 160 Å². The van der Waals surface area contributed by atoms with E-state index >= 15 is 0 Å². The Morgan fingerprint density at radius 3 is 2.31 bits per heavy atom. The van der Waals surface area contributed by atoms with Crippen LogP contribution in [0.25, 0.3) is 21.6 Å². The first kappa shape index (κ1) is 47.9. The predicted octanol–water partition coefficient (Wildman–Crippen LogP) is 10.1. The van der Waals surface area contributed by atoms with Gasteiger partial charge in [0.25, 0.3) is 0 Å². The summed E-state index contributed by atoms with van der Waals surface area (Å²) in [4.78, 5) is 53.5. The van der Waals surface area contributed by atoms with Crippen LogP contribution in [0.1, 0.15) is 101 Å². The molecule has 65 heavy (non-hydrogen) atoms. The number of piperidine rings is 1. The van der Waals surface area contributed by atoms with E-state index in [9.17, 15) is 14.4 Å². The number of rotatable bonds is 15. The molecule has 0 bridgehead atoms. The van der Waals surface area contributed by atoms with Crippen molar-refractivity contribution in [2.75, 3.05) is 43.4 Å². The summed E-state index contributed by atoms with van der Waals surface area (Å²) in [5, 5.41) is 10.5. The number of carbonyl (C=O) groups is 3. The molecule has 2 aromatic heterocycles. The molecule has 14 heteroatoms. The summed E-state index contributed by atoms with van der Waals surface area (Å²) in [5.41, 5.74) is 17.6. The zero-order chi connectivity index (χ0) is 46.6. The van der Waals surface area contributed by atoms with Crippen molar-refractivity contribution in [1.82, 2.24) is 30.6 Å². The van der Waals surface area contributed by atoms with Gasteiger partial charge < -0.3 is 30.7 Å². The fourth-order valence-electron chi connectivity index (χ4n) is 9.42. The van der Waals surface area contributed by atoms with E-state index in [2.05, 4.69) is 95.9 Å². The number of thiazole rings is 1. The van der Waals surface area contributed by atoms with Crippen molar-refractivity contribution in [3.63, 3.8) is 0 Å². The molecule has 12 nitrogen and oxygen atoms in total. The molecular formula is C51H65BrN8O4S. The molecule has 0 spiro atoms. The number of amides is 3. The topological polar surface area (TPSA) is 150 Å². The number of hydrogen-bond acceptors (Lipinski definition) is 10. The van der Waals surface area contributed by atoms with Crippen LogP contribution in [-0.4, -0.2) is 82.5 Å². The number of halogens is 1. The molecule has 2 aliphatic rings. The molecule has 0 aliphatic carbocycles. The minimum atomic E-state index is -0.764. The van der Waals surface area contributed by atoms with Gasteiger partial charge in [0.1, 0.15) is 17.8 Å². The Morgan fingerprint density at radius 2 is 1.66 bits per heavy atom. The standard InChI is InChI=1S/C51H65BrN8O4S/c1-31-13-14-39(46-33(3)57-64-35(46)5)27-44(31)59(40-19-20-42(53)41(52)28-40)23-9-11-36-21-25-58(26-22-36)29-45(61)56-48(51(6,7)8)50(63)60-24-10-12-43(60)49(62)55-32(2)37-15-17-38(18-16-37)47-34(4)54-30-65-47/h13-20,27-28,30,32,36,43,48H,9-12,21-26,29,53H2,1-8H3,(H,55,62)(H,56,61). The summed E-state index contributed by atoms with van der Waals surface area (Å²) in [6, 6.07) is 19.3. The maximum Gasteiger partial charge on any atom is 0.246 e. The summed E-state index contributed by atoms with van der Waals surface area (Å²) in [7, 11) is 0. The average Bonchev–Trinajstić information content (AvgIpc) is 4.03. The maximum atomic E-state index is 14.3. The van der Waals surface area contributed by atoms with Crippen LogP contribution >= 0.6 is 27.3 Å². The number of aromatic nitrogens is 2. The summed E-state index contributed by atoms with van der Waals surface area (Å²) < 4.78 is 6.38. The lowest BCUT2D eigenvalue weighted by Crippen LogP contribution is -2.58. The summed E-state index contributed by atoms with van der Waals surface area (Å²) in [6.07, 6.45) is 5.38. The third-order valence-electron chi connectivity index (χ3n) is 13.2. The number of nitrogens with two attached hydrogens (primary N) is 1. The van der Waals surface area contributed by atoms with E-state index in [-0.39, 0.29) is 30.3 Å². The van der Waals surface area contributed by atoms with E-state index in [1.54, 1.807) is 16.2 Å². The number of likely N-dealkylation sites (tertiary alicyclic amines) is 2. The Balaban J connectivity index is 0.917. The lowest BCUT2D eigenvalue weighted by Gasteiger charge is -2.37. The highest BCUT2D eigenvalue weighted by atomic mass is 79.9. The number of nitrogen functional groups attached to an aromatic ring is 1. The number of anilines is 3. The van der Waals surface area contributed by atoms with Crippen LogP contribution in [0.15, 0.2) is 75.2 Å². The van der Waals surface area contributed by atoms with Gasteiger partial charge in [-0.15, -0.1) is 11.3 Å². The first-order valence-electron chi connectivity index (χ1n) is 23.0. The van der Waals surface area contributed by atoms with Crippen molar-refractivity contribution in [2.24, 2.45) is 11.3 Å². The van der Waals surface area contributed by atoms with Crippen LogP contribution in [0.4, 0.5) is 17.1 Å². The van der Waals surface area contributed by atoms with Crippen LogP contribution in [0.2, 0.25) is 0 Å². The molecule has 2 fully saturated rings. The van der Waals surface area contributed by atoms with Crippen molar-refractivity contribution < 1.29 is 18.9 Å². The van der Waals surface area contributed by atoms with Crippen LogP contribution in [0.5, 0.6) is 0 Å². The molecule has 346 valence electrons. The minimum Gasteiger partial charge on any atom is -0.398 e. The highest BCUT2D eigenvalue weighted by Gasteiger charge is 2.42. The van der Waals surface area contributed by atoms with Gasteiger partial charge >= 0.3 is 0 Å². The van der Waals surface area contributed by atoms with Gasteiger partial charge in [-0.25, -0.2) is 4.98 Å². The van der Waals surface area contributed by atoms with E-state index in [1.807, 2.05) is 72.2 Å². The Labute approximate surface area is 396 Å². The highest BCUT2D eigenvalue weighted by Crippen LogP contribution is 2.38. The first-order valence-corrected chi connectivity index (χ1v) is 24.6. The molecule has 2 saturated heterocycles. The highest BCUT2D eigenvalue weighted by molar-refractivity contribution is 9.10. The summed E-state index contributed by atoms with van der Waals surface area (Å²) in [5.74, 6) is 0.805. The fourth-order valence-corrected chi connectivity index (χ4v) is 10.6. The second-order valence-electron chi connectivity index (χ2n) is 19.1. The fraction of sp³-hybridized carbons (Fsp3) is 0.471. The average molecular weight is 966 g/mol. The van der Waals surface area contributed by atoms with Gasteiger partial charge in [-0.1, -0.05) is 62.3 Å². The van der Waals surface area contributed by atoms with Gasteiger partial charge in [0.05, 0.1) is 34.4 Å². The van der Waals surface area contributed by atoms with Crippen molar-refractivity contribution in [2.45, 2.75) is 112 Å².